The molecule has 12 heavy (non-hydrogen) atoms. The van der Waals surface area contributed by atoms with E-state index in [9.17, 15) is 4.79 Å². The molecule has 1 rings (SSSR count). The minimum absolute atomic E-state index is 0.171. The van der Waals surface area contributed by atoms with Crippen molar-refractivity contribution in [2.24, 2.45) is 0 Å². The first-order chi connectivity index (χ1) is 5.76. The Morgan fingerprint density at radius 3 is 3.00 bits per heavy atom. The van der Waals surface area contributed by atoms with Crippen LogP contribution in [0.5, 0.6) is 0 Å². The van der Waals surface area contributed by atoms with Crippen LogP contribution in [0.3, 0.4) is 0 Å². The molecular weight excluding hydrogens is 156 g/mol. The molecular formula is C9H10O3. The van der Waals surface area contributed by atoms with Crippen LogP contribution in [0.2, 0.25) is 0 Å². The normalized spacial score (nSPS) is 9.42. The smallest absolute Gasteiger partial charge is 0.313 e. The third kappa shape index (κ3) is 1.99. The van der Waals surface area contributed by atoms with Crippen molar-refractivity contribution in [1.29, 1.82) is 0 Å². The van der Waals surface area contributed by atoms with Crippen LogP contribution in [-0.2, 0) is 16.0 Å². The number of furan rings is 1. The summed E-state index contributed by atoms with van der Waals surface area (Å²) in [5, 5.41) is 0. The molecule has 0 aromatic carbocycles. The molecule has 0 atom stereocenters. The average molecular weight is 166 g/mol. The Balaban J connectivity index is 2.63. The Hall–Kier alpha value is -1.51. The Bertz CT molecular complexity index is 286. The zero-order chi connectivity index (χ0) is 8.97. The first-order valence-corrected chi connectivity index (χ1v) is 3.54. The number of hydrogen-bond acceptors (Lipinski definition) is 3. The lowest BCUT2D eigenvalue weighted by Crippen LogP contribution is -2.03. The summed E-state index contributed by atoms with van der Waals surface area (Å²) in [4.78, 5) is 10.8. The second-order valence-corrected chi connectivity index (χ2v) is 2.26. The van der Waals surface area contributed by atoms with E-state index < -0.39 is 0 Å². The molecule has 3 heteroatoms. The molecule has 64 valence electrons. The molecule has 0 fully saturated rings. The maximum Gasteiger partial charge on any atom is 0.313 e. The summed E-state index contributed by atoms with van der Waals surface area (Å²) in [6.07, 6.45) is 1.76. The van der Waals surface area contributed by atoms with E-state index in [-0.39, 0.29) is 12.4 Å². The summed E-state index contributed by atoms with van der Waals surface area (Å²) in [5.74, 6) is 0.950. The van der Waals surface area contributed by atoms with Crippen LogP contribution in [0.15, 0.2) is 23.1 Å². The second-order valence-electron chi connectivity index (χ2n) is 2.26. The SMILES string of the molecule is C=Cc1ccc(CC(=O)OC)o1. The zero-order valence-corrected chi connectivity index (χ0v) is 6.87. The molecule has 1 aromatic heterocycles. The van der Waals surface area contributed by atoms with E-state index >= 15 is 0 Å². The van der Waals surface area contributed by atoms with Gasteiger partial charge in [0.1, 0.15) is 17.9 Å². The quantitative estimate of drug-likeness (QED) is 0.641. The number of ether oxygens (including phenoxy) is 1. The molecule has 1 heterocycles. The van der Waals surface area contributed by atoms with Gasteiger partial charge >= 0.3 is 5.97 Å². The van der Waals surface area contributed by atoms with Crippen molar-refractivity contribution in [2.45, 2.75) is 6.42 Å². The van der Waals surface area contributed by atoms with Gasteiger partial charge in [-0.25, -0.2) is 0 Å². The lowest BCUT2D eigenvalue weighted by Gasteiger charge is -1.93. The maximum atomic E-state index is 10.8. The molecule has 0 spiro atoms. The highest BCUT2D eigenvalue weighted by molar-refractivity contribution is 5.71. The van der Waals surface area contributed by atoms with Crippen LogP contribution in [0.25, 0.3) is 6.08 Å². The highest BCUT2D eigenvalue weighted by atomic mass is 16.5. The van der Waals surface area contributed by atoms with Gasteiger partial charge in [-0.15, -0.1) is 0 Å². The van der Waals surface area contributed by atoms with Gasteiger partial charge in [-0.3, -0.25) is 4.79 Å². The van der Waals surface area contributed by atoms with Crippen molar-refractivity contribution in [2.75, 3.05) is 7.11 Å². The molecule has 1 aromatic rings. The predicted octanol–water partition coefficient (Wildman–Crippen LogP) is 1.64. The van der Waals surface area contributed by atoms with Crippen LogP contribution >= 0.6 is 0 Å². The molecule has 0 N–H and O–H groups in total. The van der Waals surface area contributed by atoms with Crippen molar-refractivity contribution >= 4 is 12.0 Å². The summed E-state index contributed by atoms with van der Waals surface area (Å²) < 4.78 is 9.66. The lowest BCUT2D eigenvalue weighted by atomic mass is 10.3. The van der Waals surface area contributed by atoms with E-state index in [2.05, 4.69) is 11.3 Å². The van der Waals surface area contributed by atoms with Crippen LogP contribution < -0.4 is 0 Å². The van der Waals surface area contributed by atoms with E-state index in [1.54, 1.807) is 18.2 Å². The number of hydrogen-bond donors (Lipinski definition) is 0. The molecule has 0 aliphatic heterocycles. The van der Waals surface area contributed by atoms with Gasteiger partial charge in [-0.05, 0) is 18.2 Å². The maximum absolute atomic E-state index is 10.8. The Kier molecular flexibility index (Phi) is 2.69. The fourth-order valence-corrected chi connectivity index (χ4v) is 0.814. The molecule has 0 saturated carbocycles. The molecule has 3 nitrogen and oxygen atoms in total. The van der Waals surface area contributed by atoms with E-state index in [0.717, 1.165) is 0 Å². The van der Waals surface area contributed by atoms with Gasteiger partial charge in [0.15, 0.2) is 0 Å². The zero-order valence-electron chi connectivity index (χ0n) is 6.87. The molecule has 0 saturated heterocycles. The summed E-state index contributed by atoms with van der Waals surface area (Å²) in [6, 6.07) is 3.49. The largest absolute Gasteiger partial charge is 0.469 e. The third-order valence-electron chi connectivity index (χ3n) is 1.43. The summed E-state index contributed by atoms with van der Waals surface area (Å²) in [6.45, 7) is 3.53. The van der Waals surface area contributed by atoms with Crippen LogP contribution in [0, 0.1) is 0 Å². The van der Waals surface area contributed by atoms with Gasteiger partial charge in [-0.2, -0.15) is 0 Å². The molecule has 0 aliphatic carbocycles. The third-order valence-corrected chi connectivity index (χ3v) is 1.43. The van der Waals surface area contributed by atoms with Gasteiger partial charge in [0, 0.05) is 0 Å². The number of carbonyl (C=O) groups excluding carboxylic acids is 1. The van der Waals surface area contributed by atoms with Crippen molar-refractivity contribution < 1.29 is 13.9 Å². The van der Waals surface area contributed by atoms with Gasteiger partial charge in [0.2, 0.25) is 0 Å². The van der Waals surface area contributed by atoms with Crippen molar-refractivity contribution in [1.82, 2.24) is 0 Å². The minimum Gasteiger partial charge on any atom is -0.469 e. The highest BCUT2D eigenvalue weighted by Gasteiger charge is 2.05. The van der Waals surface area contributed by atoms with Gasteiger partial charge < -0.3 is 9.15 Å². The monoisotopic (exact) mass is 166 g/mol. The van der Waals surface area contributed by atoms with Crippen LogP contribution in [0.4, 0.5) is 0 Å². The first-order valence-electron chi connectivity index (χ1n) is 3.54. The van der Waals surface area contributed by atoms with Gasteiger partial charge in [0.25, 0.3) is 0 Å². The second kappa shape index (κ2) is 3.76. The predicted molar refractivity (Wildman–Crippen MR) is 44.5 cm³/mol. The van der Waals surface area contributed by atoms with Crippen molar-refractivity contribution in [3.8, 4) is 0 Å². The Morgan fingerprint density at radius 1 is 1.75 bits per heavy atom. The lowest BCUT2D eigenvalue weighted by molar-refractivity contribution is -0.140. The van der Waals surface area contributed by atoms with Crippen molar-refractivity contribution in [3.63, 3.8) is 0 Å². The number of methoxy groups -OCH3 is 1. The summed E-state index contributed by atoms with van der Waals surface area (Å²) in [5.41, 5.74) is 0. The highest BCUT2D eigenvalue weighted by Crippen LogP contribution is 2.09. The standard InChI is InChI=1S/C9H10O3/c1-3-7-4-5-8(12-7)6-9(10)11-2/h3-5H,1,6H2,2H3. The minimum atomic E-state index is -0.306. The number of carbonyl (C=O) groups is 1. The average Bonchev–Trinajstić information content (AvgIpc) is 2.52. The van der Waals surface area contributed by atoms with Gasteiger partial charge in [0.05, 0.1) is 7.11 Å². The number of esters is 1. The Morgan fingerprint density at radius 2 is 2.50 bits per heavy atom. The summed E-state index contributed by atoms with van der Waals surface area (Å²) >= 11 is 0. The number of rotatable bonds is 3. The van der Waals surface area contributed by atoms with E-state index in [4.69, 9.17) is 4.42 Å². The van der Waals surface area contributed by atoms with E-state index in [1.165, 1.54) is 7.11 Å². The molecule has 0 radical (unpaired) electrons. The fraction of sp³-hybridized carbons (Fsp3) is 0.222. The van der Waals surface area contributed by atoms with Gasteiger partial charge in [-0.1, -0.05) is 6.58 Å². The first kappa shape index (κ1) is 8.59. The molecule has 0 bridgehead atoms. The topological polar surface area (TPSA) is 39.4 Å². The fourth-order valence-electron chi connectivity index (χ4n) is 0.814. The van der Waals surface area contributed by atoms with E-state index in [0.29, 0.717) is 11.5 Å². The van der Waals surface area contributed by atoms with Crippen LogP contribution in [0.1, 0.15) is 11.5 Å². The summed E-state index contributed by atoms with van der Waals surface area (Å²) in [7, 11) is 1.35. The van der Waals surface area contributed by atoms with Crippen LogP contribution in [-0.4, -0.2) is 13.1 Å². The van der Waals surface area contributed by atoms with E-state index in [1.807, 2.05) is 0 Å². The van der Waals surface area contributed by atoms with Crippen molar-refractivity contribution in [3.05, 3.63) is 30.2 Å². The molecule has 0 aliphatic rings. The molecule has 0 unspecified atom stereocenters. The Labute approximate surface area is 70.6 Å². The molecule has 0 amide bonds.